The lowest BCUT2D eigenvalue weighted by Crippen LogP contribution is -1.79. The van der Waals surface area contributed by atoms with Gasteiger partial charge in [-0.3, -0.25) is 4.79 Å². The first kappa shape index (κ1) is 15.7. The monoisotopic (exact) mass is 310 g/mol. The van der Waals surface area contributed by atoms with Crippen LogP contribution < -0.4 is 0 Å². The molecule has 0 saturated carbocycles. The second-order valence-corrected chi connectivity index (χ2v) is 5.53. The van der Waals surface area contributed by atoms with Crippen LogP contribution in [0.5, 0.6) is 0 Å². The number of carbonyl (C=O) groups is 1. The Morgan fingerprint density at radius 2 is 0.750 bits per heavy atom. The van der Waals surface area contributed by atoms with E-state index in [1.807, 2.05) is 48.5 Å². The van der Waals surface area contributed by atoms with E-state index in [-0.39, 0.29) is 0 Å². The molecule has 1 nitrogen and oxygen atoms in total. The Morgan fingerprint density at radius 3 is 1.12 bits per heavy atom. The van der Waals surface area contributed by atoms with Crippen LogP contribution in [0.25, 0.3) is 24.3 Å². The van der Waals surface area contributed by atoms with Crippen molar-refractivity contribution in [2.45, 2.75) is 0 Å². The van der Waals surface area contributed by atoms with Crippen molar-refractivity contribution in [2.24, 2.45) is 0 Å². The maximum atomic E-state index is 10.6. The van der Waals surface area contributed by atoms with E-state index in [9.17, 15) is 4.79 Å². The molecule has 0 atom stereocenters. The molecule has 0 amide bonds. The standard InChI is InChI=1S/C23H18O/c24-18-23-16-14-22(15-17-23)13-12-21-10-8-20(9-11-21)7-6-19-4-2-1-3-5-19/h1-18H/b7-6+,13-12+. The molecule has 0 spiro atoms. The maximum Gasteiger partial charge on any atom is 0.150 e. The molecule has 0 aliphatic heterocycles. The second kappa shape index (κ2) is 7.89. The zero-order valence-corrected chi connectivity index (χ0v) is 13.3. The summed E-state index contributed by atoms with van der Waals surface area (Å²) in [4.78, 5) is 10.6. The average Bonchev–Trinajstić information content (AvgIpc) is 2.67. The summed E-state index contributed by atoms with van der Waals surface area (Å²) in [7, 11) is 0. The molecule has 3 aromatic rings. The minimum absolute atomic E-state index is 0.696. The van der Waals surface area contributed by atoms with Gasteiger partial charge in [0.2, 0.25) is 0 Å². The number of benzene rings is 3. The van der Waals surface area contributed by atoms with Gasteiger partial charge in [0, 0.05) is 5.56 Å². The van der Waals surface area contributed by atoms with Crippen molar-refractivity contribution in [3.8, 4) is 0 Å². The fraction of sp³-hybridized carbons (Fsp3) is 0. The predicted molar refractivity (Wildman–Crippen MR) is 103 cm³/mol. The summed E-state index contributed by atoms with van der Waals surface area (Å²) in [5, 5.41) is 0. The Morgan fingerprint density at radius 1 is 0.417 bits per heavy atom. The quantitative estimate of drug-likeness (QED) is 0.427. The van der Waals surface area contributed by atoms with Crippen LogP contribution in [-0.4, -0.2) is 6.29 Å². The molecular formula is C23H18O. The molecule has 1 heteroatoms. The molecule has 3 aromatic carbocycles. The van der Waals surface area contributed by atoms with E-state index in [0.29, 0.717) is 5.56 Å². The fourth-order valence-corrected chi connectivity index (χ4v) is 2.35. The summed E-state index contributed by atoms with van der Waals surface area (Å²) < 4.78 is 0. The molecule has 0 fully saturated rings. The highest BCUT2D eigenvalue weighted by molar-refractivity contribution is 5.77. The molecule has 0 saturated heterocycles. The lowest BCUT2D eigenvalue weighted by atomic mass is 10.1. The van der Waals surface area contributed by atoms with Crippen LogP contribution in [0.2, 0.25) is 0 Å². The second-order valence-electron chi connectivity index (χ2n) is 5.53. The van der Waals surface area contributed by atoms with Crippen LogP contribution in [-0.2, 0) is 0 Å². The number of aldehydes is 1. The topological polar surface area (TPSA) is 17.1 Å². The Kier molecular flexibility index (Phi) is 5.16. The molecule has 116 valence electrons. The predicted octanol–water partition coefficient (Wildman–Crippen LogP) is 5.84. The molecule has 3 rings (SSSR count). The van der Waals surface area contributed by atoms with E-state index in [1.165, 1.54) is 11.1 Å². The Labute approximate surface area is 142 Å². The van der Waals surface area contributed by atoms with Crippen LogP contribution in [0.4, 0.5) is 0 Å². The van der Waals surface area contributed by atoms with Gasteiger partial charge in [0.25, 0.3) is 0 Å². The van der Waals surface area contributed by atoms with Gasteiger partial charge in [-0.25, -0.2) is 0 Å². The number of rotatable bonds is 5. The fourth-order valence-electron chi connectivity index (χ4n) is 2.35. The zero-order valence-electron chi connectivity index (χ0n) is 13.3. The average molecular weight is 310 g/mol. The molecule has 0 heterocycles. The minimum Gasteiger partial charge on any atom is -0.298 e. The van der Waals surface area contributed by atoms with Crippen molar-refractivity contribution >= 4 is 30.6 Å². The Hall–Kier alpha value is -3.19. The van der Waals surface area contributed by atoms with Crippen LogP contribution in [0.15, 0.2) is 78.9 Å². The van der Waals surface area contributed by atoms with E-state index < -0.39 is 0 Å². The maximum absolute atomic E-state index is 10.6. The number of hydrogen-bond acceptors (Lipinski definition) is 1. The molecule has 0 radical (unpaired) electrons. The number of carbonyl (C=O) groups excluding carboxylic acids is 1. The van der Waals surface area contributed by atoms with Gasteiger partial charge in [-0.05, 0) is 22.3 Å². The SMILES string of the molecule is O=Cc1ccc(/C=C/c2ccc(/C=C/c3ccccc3)cc2)cc1. The first-order valence-corrected chi connectivity index (χ1v) is 7.90. The Balaban J connectivity index is 1.66. The highest BCUT2D eigenvalue weighted by atomic mass is 16.1. The zero-order chi connectivity index (χ0) is 16.6. The molecular weight excluding hydrogens is 292 g/mol. The van der Waals surface area contributed by atoms with Crippen LogP contribution in [0.3, 0.4) is 0 Å². The van der Waals surface area contributed by atoms with Crippen molar-refractivity contribution in [1.29, 1.82) is 0 Å². The van der Waals surface area contributed by atoms with Crippen molar-refractivity contribution in [3.63, 3.8) is 0 Å². The van der Waals surface area contributed by atoms with Gasteiger partial charge in [0.1, 0.15) is 6.29 Å². The summed E-state index contributed by atoms with van der Waals surface area (Å²) in [6, 6.07) is 26.2. The molecule has 0 unspecified atom stereocenters. The molecule has 0 aliphatic carbocycles. The molecule has 0 aromatic heterocycles. The highest BCUT2D eigenvalue weighted by Crippen LogP contribution is 2.13. The molecule has 24 heavy (non-hydrogen) atoms. The van der Waals surface area contributed by atoms with E-state index >= 15 is 0 Å². The van der Waals surface area contributed by atoms with Gasteiger partial charge >= 0.3 is 0 Å². The normalized spacial score (nSPS) is 11.2. The van der Waals surface area contributed by atoms with Crippen LogP contribution in [0, 0.1) is 0 Å². The van der Waals surface area contributed by atoms with Crippen molar-refractivity contribution in [1.82, 2.24) is 0 Å². The van der Waals surface area contributed by atoms with Crippen molar-refractivity contribution in [2.75, 3.05) is 0 Å². The van der Waals surface area contributed by atoms with Crippen LogP contribution >= 0.6 is 0 Å². The molecule has 0 bridgehead atoms. The summed E-state index contributed by atoms with van der Waals surface area (Å²) in [6.45, 7) is 0. The van der Waals surface area contributed by atoms with Gasteiger partial charge in [-0.2, -0.15) is 0 Å². The number of hydrogen-bond donors (Lipinski definition) is 0. The lowest BCUT2D eigenvalue weighted by molar-refractivity contribution is 0.112. The molecule has 0 aliphatic rings. The summed E-state index contributed by atoms with van der Waals surface area (Å²) in [6.07, 6.45) is 9.19. The van der Waals surface area contributed by atoms with Crippen molar-refractivity contribution < 1.29 is 4.79 Å². The first-order chi connectivity index (χ1) is 11.8. The first-order valence-electron chi connectivity index (χ1n) is 7.90. The van der Waals surface area contributed by atoms with E-state index in [0.717, 1.165) is 17.4 Å². The van der Waals surface area contributed by atoms with Crippen molar-refractivity contribution in [3.05, 3.63) is 107 Å². The Bertz CT molecular complexity index is 839. The van der Waals surface area contributed by atoms with Crippen LogP contribution in [0.1, 0.15) is 32.6 Å². The summed E-state index contributed by atoms with van der Waals surface area (Å²) >= 11 is 0. The van der Waals surface area contributed by atoms with Gasteiger partial charge in [-0.15, -0.1) is 0 Å². The third-order valence-corrected chi connectivity index (χ3v) is 3.75. The minimum atomic E-state index is 0.696. The van der Waals surface area contributed by atoms with Gasteiger partial charge < -0.3 is 0 Å². The summed E-state index contributed by atoms with van der Waals surface area (Å²) in [5.41, 5.74) is 5.29. The molecule has 0 N–H and O–H groups in total. The summed E-state index contributed by atoms with van der Waals surface area (Å²) in [5.74, 6) is 0. The third-order valence-electron chi connectivity index (χ3n) is 3.75. The van der Waals surface area contributed by atoms with Gasteiger partial charge in [0.15, 0.2) is 0 Å². The highest BCUT2D eigenvalue weighted by Gasteiger charge is 1.92. The van der Waals surface area contributed by atoms with E-state index in [1.54, 1.807) is 0 Å². The lowest BCUT2D eigenvalue weighted by Gasteiger charge is -1.98. The van der Waals surface area contributed by atoms with E-state index in [2.05, 4.69) is 54.6 Å². The van der Waals surface area contributed by atoms with Gasteiger partial charge in [0.05, 0.1) is 0 Å². The third kappa shape index (κ3) is 4.40. The smallest absolute Gasteiger partial charge is 0.150 e. The van der Waals surface area contributed by atoms with E-state index in [4.69, 9.17) is 0 Å². The largest absolute Gasteiger partial charge is 0.298 e. The van der Waals surface area contributed by atoms with Gasteiger partial charge in [-0.1, -0.05) is 103 Å².